The lowest BCUT2D eigenvalue weighted by atomic mass is 10.1. The van der Waals surface area contributed by atoms with Gasteiger partial charge >= 0.3 is 5.97 Å². The summed E-state index contributed by atoms with van der Waals surface area (Å²) in [7, 11) is 1.32. The van der Waals surface area contributed by atoms with E-state index in [-0.39, 0.29) is 12.5 Å². The lowest BCUT2D eigenvalue weighted by Crippen LogP contribution is -2.20. The predicted octanol–water partition coefficient (Wildman–Crippen LogP) is 4.10. The molecule has 9 heteroatoms. The number of aromatic nitrogens is 3. The molecule has 0 aliphatic rings. The number of aryl methyl sites for hydroxylation is 2. The van der Waals surface area contributed by atoms with E-state index >= 15 is 0 Å². The summed E-state index contributed by atoms with van der Waals surface area (Å²) in [6.45, 7) is 5.55. The van der Waals surface area contributed by atoms with Crippen molar-refractivity contribution in [3.05, 3.63) is 52.4 Å². The van der Waals surface area contributed by atoms with E-state index in [2.05, 4.69) is 15.4 Å². The number of ether oxygens (including phenoxy) is 1. The van der Waals surface area contributed by atoms with E-state index in [4.69, 9.17) is 9.15 Å². The van der Waals surface area contributed by atoms with Crippen molar-refractivity contribution in [2.75, 3.05) is 12.4 Å². The van der Waals surface area contributed by atoms with Crippen LogP contribution in [0.15, 0.2) is 35.1 Å². The number of nitrogens with one attached hydrogen (secondary N) is 1. The average molecular weight is 424 g/mol. The van der Waals surface area contributed by atoms with Crippen LogP contribution in [0.4, 0.5) is 5.00 Å². The number of hydrogen-bond donors (Lipinski definition) is 1. The van der Waals surface area contributed by atoms with Crippen molar-refractivity contribution >= 4 is 39.2 Å². The number of carbonyl (C=O) groups excluding carboxylic acids is 2. The predicted molar refractivity (Wildman–Crippen MR) is 114 cm³/mol. The molecular formula is C21H20N4O4S. The molecule has 0 radical (unpaired) electrons. The van der Waals surface area contributed by atoms with Gasteiger partial charge in [-0.05, 0) is 44.5 Å². The molecule has 8 nitrogen and oxygen atoms in total. The highest BCUT2D eigenvalue weighted by molar-refractivity contribution is 7.16. The van der Waals surface area contributed by atoms with E-state index in [1.165, 1.54) is 18.4 Å². The molecular weight excluding hydrogens is 404 g/mol. The molecule has 4 aromatic rings. The summed E-state index contributed by atoms with van der Waals surface area (Å²) in [5.74, 6) is -0.0740. The maximum atomic E-state index is 12.8. The van der Waals surface area contributed by atoms with Crippen LogP contribution in [0.2, 0.25) is 0 Å². The third kappa shape index (κ3) is 3.37. The van der Waals surface area contributed by atoms with Crippen LogP contribution < -0.4 is 5.32 Å². The van der Waals surface area contributed by atoms with Gasteiger partial charge in [0.15, 0.2) is 5.65 Å². The number of methoxy groups -OCH3 is 1. The topological polar surface area (TPSA) is 99.2 Å². The third-order valence-electron chi connectivity index (χ3n) is 4.92. The first-order valence-corrected chi connectivity index (χ1v) is 10.1. The van der Waals surface area contributed by atoms with Gasteiger partial charge in [-0.3, -0.25) is 4.79 Å². The molecule has 4 heterocycles. The van der Waals surface area contributed by atoms with Gasteiger partial charge in [0.25, 0.3) is 0 Å². The number of amides is 1. The Kier molecular flexibility index (Phi) is 5.13. The van der Waals surface area contributed by atoms with Gasteiger partial charge in [-0.25, -0.2) is 14.5 Å². The smallest absolute Gasteiger partial charge is 0.341 e. The maximum absolute atomic E-state index is 12.8. The molecule has 0 saturated carbocycles. The zero-order chi connectivity index (χ0) is 21.4. The number of esters is 1. The van der Waals surface area contributed by atoms with Crippen LogP contribution in [-0.4, -0.2) is 33.8 Å². The summed E-state index contributed by atoms with van der Waals surface area (Å²) in [5, 5.41) is 8.63. The van der Waals surface area contributed by atoms with Crippen molar-refractivity contribution in [3.63, 3.8) is 0 Å². The molecule has 1 N–H and O–H groups in total. The number of furan rings is 1. The molecule has 0 aliphatic carbocycles. The quantitative estimate of drug-likeness (QED) is 0.484. The van der Waals surface area contributed by atoms with E-state index in [1.54, 1.807) is 17.1 Å². The van der Waals surface area contributed by atoms with Crippen molar-refractivity contribution in [1.29, 1.82) is 0 Å². The Labute approximate surface area is 176 Å². The lowest BCUT2D eigenvalue weighted by Gasteiger charge is -2.07. The zero-order valence-corrected chi connectivity index (χ0v) is 17.8. The number of rotatable bonds is 5. The van der Waals surface area contributed by atoms with E-state index in [9.17, 15) is 9.59 Å². The van der Waals surface area contributed by atoms with Gasteiger partial charge in [0, 0.05) is 16.6 Å². The number of carbonyl (C=O) groups is 2. The van der Waals surface area contributed by atoms with Gasteiger partial charge in [0.2, 0.25) is 5.91 Å². The second-order valence-corrected chi connectivity index (χ2v) is 8.03. The Hall–Kier alpha value is -3.46. The molecule has 0 aromatic carbocycles. The van der Waals surface area contributed by atoms with Crippen LogP contribution in [0.25, 0.3) is 22.4 Å². The fraction of sp³-hybridized carbons (Fsp3) is 0.238. The highest BCUT2D eigenvalue weighted by Gasteiger charge is 2.22. The molecule has 4 rings (SSSR count). The largest absolute Gasteiger partial charge is 0.465 e. The van der Waals surface area contributed by atoms with Gasteiger partial charge in [-0.15, -0.1) is 11.3 Å². The van der Waals surface area contributed by atoms with Gasteiger partial charge in [0.05, 0.1) is 30.0 Å². The Morgan fingerprint density at radius 1 is 1.27 bits per heavy atom. The monoisotopic (exact) mass is 424 g/mol. The molecule has 1 amide bonds. The number of nitrogens with zero attached hydrogens (tertiary/aromatic N) is 3. The fourth-order valence-electron chi connectivity index (χ4n) is 3.39. The summed E-state index contributed by atoms with van der Waals surface area (Å²) >= 11 is 1.34. The number of fused-ring (bicyclic) bond motifs is 1. The second-order valence-electron chi connectivity index (χ2n) is 6.80. The van der Waals surface area contributed by atoms with Crippen molar-refractivity contribution in [2.45, 2.75) is 27.3 Å². The molecule has 0 saturated heterocycles. The average Bonchev–Trinajstić information content (AvgIpc) is 3.42. The van der Waals surface area contributed by atoms with Gasteiger partial charge in [-0.1, -0.05) is 0 Å². The van der Waals surface area contributed by atoms with Gasteiger partial charge in [-0.2, -0.15) is 5.10 Å². The van der Waals surface area contributed by atoms with Crippen LogP contribution in [-0.2, 0) is 16.1 Å². The molecule has 0 bridgehead atoms. The Morgan fingerprint density at radius 2 is 2.07 bits per heavy atom. The Morgan fingerprint density at radius 3 is 2.77 bits per heavy atom. The minimum absolute atomic E-state index is 0.0461. The first-order valence-electron chi connectivity index (χ1n) is 9.24. The SMILES string of the molecule is COC(=O)c1c(NC(=O)Cn2nc(C)c3c(-c4ccco4)ccnc32)sc(C)c1C. The number of pyridine rings is 1. The minimum atomic E-state index is -0.475. The molecule has 30 heavy (non-hydrogen) atoms. The lowest BCUT2D eigenvalue weighted by molar-refractivity contribution is -0.116. The van der Waals surface area contributed by atoms with Gasteiger partial charge in [0.1, 0.15) is 17.3 Å². The third-order valence-corrected chi connectivity index (χ3v) is 6.04. The standard InChI is InChI=1S/C21H20N4O4S/c1-11-13(3)30-20(17(11)21(27)28-4)23-16(26)10-25-19-18(12(2)24-25)14(7-8-22-19)15-6-5-9-29-15/h5-9H,10H2,1-4H3,(H,23,26). The summed E-state index contributed by atoms with van der Waals surface area (Å²) in [5.41, 5.74) is 3.38. The van der Waals surface area contributed by atoms with Gasteiger partial charge < -0.3 is 14.5 Å². The van der Waals surface area contributed by atoms with Crippen molar-refractivity contribution in [1.82, 2.24) is 14.8 Å². The first-order chi connectivity index (χ1) is 14.4. The summed E-state index contributed by atoms with van der Waals surface area (Å²) in [6, 6.07) is 5.55. The molecule has 0 aliphatic heterocycles. The maximum Gasteiger partial charge on any atom is 0.341 e. The van der Waals surface area contributed by atoms with Crippen molar-refractivity contribution in [3.8, 4) is 11.3 Å². The zero-order valence-electron chi connectivity index (χ0n) is 17.0. The van der Waals surface area contributed by atoms with E-state index in [1.807, 2.05) is 39.0 Å². The van der Waals surface area contributed by atoms with E-state index in [0.29, 0.717) is 22.0 Å². The van der Waals surface area contributed by atoms with Crippen LogP contribution in [0.5, 0.6) is 0 Å². The van der Waals surface area contributed by atoms with Crippen molar-refractivity contribution < 1.29 is 18.7 Å². The van der Waals surface area contributed by atoms with Crippen LogP contribution >= 0.6 is 11.3 Å². The van der Waals surface area contributed by atoms with E-state index < -0.39 is 5.97 Å². The molecule has 0 unspecified atom stereocenters. The van der Waals surface area contributed by atoms with Crippen LogP contribution in [0.3, 0.4) is 0 Å². The van der Waals surface area contributed by atoms with Crippen molar-refractivity contribution in [2.24, 2.45) is 0 Å². The Balaban J connectivity index is 1.65. The molecule has 4 aromatic heterocycles. The first kappa shape index (κ1) is 19.8. The highest BCUT2D eigenvalue weighted by atomic mass is 32.1. The number of hydrogen-bond acceptors (Lipinski definition) is 7. The van der Waals surface area contributed by atoms with E-state index in [0.717, 1.165) is 27.1 Å². The highest BCUT2D eigenvalue weighted by Crippen LogP contribution is 2.33. The summed E-state index contributed by atoms with van der Waals surface area (Å²) in [4.78, 5) is 30.3. The second kappa shape index (κ2) is 7.75. The Bertz CT molecular complexity index is 1250. The normalized spacial score (nSPS) is 11.1. The summed E-state index contributed by atoms with van der Waals surface area (Å²) in [6.07, 6.45) is 3.27. The summed E-state index contributed by atoms with van der Waals surface area (Å²) < 4.78 is 11.9. The van der Waals surface area contributed by atoms with Crippen LogP contribution in [0, 0.1) is 20.8 Å². The fourth-order valence-corrected chi connectivity index (χ4v) is 4.46. The molecule has 154 valence electrons. The number of anilines is 1. The molecule has 0 spiro atoms. The molecule has 0 fully saturated rings. The minimum Gasteiger partial charge on any atom is -0.465 e. The number of thiophene rings is 1. The van der Waals surface area contributed by atoms with Crippen LogP contribution in [0.1, 0.15) is 26.5 Å². The molecule has 0 atom stereocenters.